The normalized spacial score (nSPS) is 27.2. The predicted octanol–water partition coefficient (Wildman–Crippen LogP) is 2.19. The van der Waals surface area contributed by atoms with Gasteiger partial charge in [-0.3, -0.25) is 19.3 Å². The summed E-state index contributed by atoms with van der Waals surface area (Å²) < 4.78 is 0. The van der Waals surface area contributed by atoms with Gasteiger partial charge in [0.25, 0.3) is 5.91 Å². The van der Waals surface area contributed by atoms with E-state index in [9.17, 15) is 24.3 Å². The lowest BCUT2D eigenvalue weighted by Gasteiger charge is -2.33. The van der Waals surface area contributed by atoms with E-state index in [2.05, 4.69) is 0 Å². The Hall–Kier alpha value is -2.70. The average molecular weight is 384 g/mol. The van der Waals surface area contributed by atoms with Crippen molar-refractivity contribution in [3.05, 3.63) is 35.4 Å². The maximum Gasteiger partial charge on any atom is 0.326 e. The fraction of sp³-hybridized carbons (Fsp3) is 0.524. The number of likely N-dealkylation sites (tertiary alicyclic amines) is 2. The highest BCUT2D eigenvalue weighted by atomic mass is 16.4. The number of carboxylic acids is 1. The fourth-order valence-electron chi connectivity index (χ4n) is 4.86. The molecule has 2 aliphatic heterocycles. The molecule has 3 unspecified atom stereocenters. The first-order valence-corrected chi connectivity index (χ1v) is 9.93. The second-order valence-corrected chi connectivity index (χ2v) is 7.98. The van der Waals surface area contributed by atoms with Crippen molar-refractivity contribution in [2.24, 2.45) is 5.92 Å². The van der Waals surface area contributed by atoms with Crippen molar-refractivity contribution in [1.29, 1.82) is 0 Å². The number of nitrogens with zero attached hydrogens (tertiary/aromatic N) is 2. The second kappa shape index (κ2) is 7.37. The van der Waals surface area contributed by atoms with Gasteiger partial charge in [0, 0.05) is 24.4 Å². The Morgan fingerprint density at radius 3 is 2.29 bits per heavy atom. The number of aliphatic carboxylic acids is 1. The summed E-state index contributed by atoms with van der Waals surface area (Å²) in [5, 5.41) is 9.62. The van der Waals surface area contributed by atoms with Crippen LogP contribution >= 0.6 is 0 Å². The highest BCUT2D eigenvalue weighted by Crippen LogP contribution is 2.40. The number of imide groups is 1. The molecule has 0 radical (unpaired) electrons. The highest BCUT2D eigenvalue weighted by molar-refractivity contribution is 6.02. The van der Waals surface area contributed by atoms with Crippen molar-refractivity contribution < 1.29 is 24.3 Å². The van der Waals surface area contributed by atoms with Gasteiger partial charge in [0.15, 0.2) is 0 Å². The van der Waals surface area contributed by atoms with Crippen LogP contribution in [-0.4, -0.2) is 50.7 Å². The molecule has 28 heavy (non-hydrogen) atoms. The molecule has 3 fully saturated rings. The Labute approximate surface area is 163 Å². The number of fused-ring (bicyclic) bond motifs is 1. The zero-order valence-corrected chi connectivity index (χ0v) is 15.7. The van der Waals surface area contributed by atoms with E-state index >= 15 is 0 Å². The lowest BCUT2D eigenvalue weighted by molar-refractivity contribution is -0.142. The van der Waals surface area contributed by atoms with Crippen LogP contribution in [0.15, 0.2) is 24.3 Å². The van der Waals surface area contributed by atoms with Gasteiger partial charge in [0.05, 0.1) is 6.54 Å². The predicted molar refractivity (Wildman–Crippen MR) is 99.2 cm³/mol. The lowest BCUT2D eigenvalue weighted by Crippen LogP contribution is -2.46. The van der Waals surface area contributed by atoms with Crippen LogP contribution in [0.25, 0.3) is 0 Å². The summed E-state index contributed by atoms with van der Waals surface area (Å²) >= 11 is 0. The first kappa shape index (κ1) is 18.7. The molecular weight excluding hydrogens is 360 g/mol. The molecule has 3 aliphatic rings. The largest absolute Gasteiger partial charge is 0.480 e. The number of hydrogen-bond acceptors (Lipinski definition) is 4. The molecule has 1 aromatic carbocycles. The number of carbonyl (C=O) groups excluding carboxylic acids is 3. The summed E-state index contributed by atoms with van der Waals surface area (Å²) in [4.78, 5) is 51.2. The van der Waals surface area contributed by atoms with Crippen molar-refractivity contribution in [3.8, 4) is 0 Å². The van der Waals surface area contributed by atoms with Gasteiger partial charge in [-0.25, -0.2) is 4.79 Å². The third-order valence-corrected chi connectivity index (χ3v) is 6.30. The van der Waals surface area contributed by atoms with Crippen molar-refractivity contribution in [2.75, 3.05) is 0 Å². The molecule has 1 N–H and O–H groups in total. The number of benzene rings is 1. The molecule has 4 rings (SSSR count). The molecule has 3 amide bonds. The molecule has 3 atom stereocenters. The molecule has 7 nitrogen and oxygen atoms in total. The van der Waals surface area contributed by atoms with E-state index < -0.39 is 12.0 Å². The maximum atomic E-state index is 13.1. The van der Waals surface area contributed by atoms with E-state index in [1.54, 1.807) is 29.2 Å². The SMILES string of the molecule is O=C(O)C1CC2CCCCC2N1C(=O)c1ccc(CN2C(=O)CCC2=O)cc1. The van der Waals surface area contributed by atoms with Gasteiger partial charge < -0.3 is 10.0 Å². The molecule has 148 valence electrons. The second-order valence-electron chi connectivity index (χ2n) is 7.98. The minimum Gasteiger partial charge on any atom is -0.480 e. The molecule has 1 aliphatic carbocycles. The number of carboxylic acid groups (broad SMARTS) is 1. The maximum absolute atomic E-state index is 13.1. The molecule has 0 bridgehead atoms. The summed E-state index contributed by atoms with van der Waals surface area (Å²) in [6.07, 6.45) is 4.99. The van der Waals surface area contributed by atoms with Gasteiger partial charge in [-0.2, -0.15) is 0 Å². The summed E-state index contributed by atoms with van der Waals surface area (Å²) in [6, 6.07) is 6.03. The van der Waals surface area contributed by atoms with Crippen LogP contribution in [0.3, 0.4) is 0 Å². The zero-order chi connectivity index (χ0) is 19.8. The van der Waals surface area contributed by atoms with Crippen molar-refractivity contribution in [3.63, 3.8) is 0 Å². The number of hydrogen-bond donors (Lipinski definition) is 1. The van der Waals surface area contributed by atoms with E-state index in [0.29, 0.717) is 12.0 Å². The first-order valence-electron chi connectivity index (χ1n) is 9.93. The Morgan fingerprint density at radius 2 is 1.64 bits per heavy atom. The fourth-order valence-corrected chi connectivity index (χ4v) is 4.86. The third-order valence-electron chi connectivity index (χ3n) is 6.30. The summed E-state index contributed by atoms with van der Waals surface area (Å²) in [5.74, 6) is -1.26. The number of carbonyl (C=O) groups is 4. The molecule has 7 heteroatoms. The van der Waals surface area contributed by atoms with Gasteiger partial charge in [0.2, 0.25) is 11.8 Å². The molecule has 2 saturated heterocycles. The van der Waals surface area contributed by atoms with Crippen LogP contribution in [0.2, 0.25) is 0 Å². The third kappa shape index (κ3) is 3.30. The van der Waals surface area contributed by atoms with Gasteiger partial charge in [-0.05, 0) is 42.9 Å². The Balaban J connectivity index is 1.51. The first-order chi connectivity index (χ1) is 13.5. The molecule has 0 spiro atoms. The standard InChI is InChI=1S/C21H24N2O5/c24-18-9-10-19(25)22(18)12-13-5-7-14(8-6-13)20(26)23-16-4-2-1-3-15(16)11-17(23)21(27)28/h5-8,15-17H,1-4,9-12H2,(H,27,28). The Kier molecular flexibility index (Phi) is 4.91. The van der Waals surface area contributed by atoms with Crippen molar-refractivity contribution in [2.45, 2.75) is 63.6 Å². The Bertz CT molecular complexity index is 803. The highest BCUT2D eigenvalue weighted by Gasteiger charge is 2.47. The Morgan fingerprint density at radius 1 is 1.00 bits per heavy atom. The number of rotatable bonds is 4. The average Bonchev–Trinajstić information content (AvgIpc) is 3.23. The molecular formula is C21H24N2O5. The van der Waals surface area contributed by atoms with Gasteiger partial charge in [-0.15, -0.1) is 0 Å². The van der Waals surface area contributed by atoms with Crippen LogP contribution in [0, 0.1) is 5.92 Å². The van der Waals surface area contributed by atoms with Gasteiger partial charge in [0.1, 0.15) is 6.04 Å². The van der Waals surface area contributed by atoms with E-state index in [1.807, 2.05) is 0 Å². The number of amides is 3. The van der Waals surface area contributed by atoms with Crippen LogP contribution in [0.1, 0.15) is 60.9 Å². The van der Waals surface area contributed by atoms with E-state index in [4.69, 9.17) is 0 Å². The van der Waals surface area contributed by atoms with E-state index in [1.165, 1.54) is 4.90 Å². The summed E-state index contributed by atoms with van der Waals surface area (Å²) in [7, 11) is 0. The van der Waals surface area contributed by atoms with Crippen LogP contribution < -0.4 is 0 Å². The molecule has 1 aromatic rings. The van der Waals surface area contributed by atoms with Crippen LogP contribution in [0.4, 0.5) is 0 Å². The van der Waals surface area contributed by atoms with Crippen molar-refractivity contribution in [1.82, 2.24) is 9.80 Å². The zero-order valence-electron chi connectivity index (χ0n) is 15.7. The minimum absolute atomic E-state index is 0.00173. The van der Waals surface area contributed by atoms with E-state index in [0.717, 1.165) is 31.2 Å². The van der Waals surface area contributed by atoms with Crippen LogP contribution in [-0.2, 0) is 20.9 Å². The summed E-state index contributed by atoms with van der Waals surface area (Å²) in [5.41, 5.74) is 1.21. The monoisotopic (exact) mass is 384 g/mol. The van der Waals surface area contributed by atoms with Crippen molar-refractivity contribution >= 4 is 23.7 Å². The van der Waals surface area contributed by atoms with Crippen LogP contribution in [0.5, 0.6) is 0 Å². The lowest BCUT2D eigenvalue weighted by atomic mass is 9.84. The smallest absolute Gasteiger partial charge is 0.326 e. The molecule has 2 heterocycles. The van der Waals surface area contributed by atoms with Gasteiger partial charge >= 0.3 is 5.97 Å². The quantitative estimate of drug-likeness (QED) is 0.803. The molecule has 0 aromatic heterocycles. The molecule has 1 saturated carbocycles. The van der Waals surface area contributed by atoms with Gasteiger partial charge in [-0.1, -0.05) is 25.0 Å². The minimum atomic E-state index is -0.939. The topological polar surface area (TPSA) is 95.0 Å². The summed E-state index contributed by atoms with van der Waals surface area (Å²) in [6.45, 7) is 0.207. The van der Waals surface area contributed by atoms with E-state index in [-0.39, 0.29) is 49.1 Å².